The van der Waals surface area contributed by atoms with Crippen molar-refractivity contribution in [3.63, 3.8) is 0 Å². The minimum atomic E-state index is -4.19. The highest BCUT2D eigenvalue weighted by Crippen LogP contribution is 2.25. The Balaban J connectivity index is 2.21. The van der Waals surface area contributed by atoms with E-state index in [1.165, 1.54) is 19.2 Å². The van der Waals surface area contributed by atoms with Crippen LogP contribution in [0.1, 0.15) is 11.1 Å². The van der Waals surface area contributed by atoms with Crippen molar-refractivity contribution < 1.29 is 18.1 Å². The van der Waals surface area contributed by atoms with E-state index in [2.05, 4.69) is 5.32 Å². The molecule has 1 amide bonds. The molecule has 2 aromatic rings. The maximum absolute atomic E-state index is 12.6. The zero-order valence-corrected chi connectivity index (χ0v) is 15.4. The maximum atomic E-state index is 12.6. The lowest BCUT2D eigenvalue weighted by Crippen LogP contribution is -2.35. The topological polar surface area (TPSA) is 110 Å². The number of hydrogen-bond donors (Lipinski definition) is 1. The van der Waals surface area contributed by atoms with Crippen LogP contribution in [-0.4, -0.2) is 37.1 Å². The molecule has 0 aromatic heterocycles. The number of anilines is 1. The monoisotopic (exact) mass is 377 g/mol. The highest BCUT2D eigenvalue weighted by molar-refractivity contribution is 7.89. The van der Waals surface area contributed by atoms with Crippen molar-refractivity contribution in [2.45, 2.75) is 18.7 Å². The van der Waals surface area contributed by atoms with Gasteiger partial charge in [-0.1, -0.05) is 24.3 Å². The number of sulfonamides is 1. The van der Waals surface area contributed by atoms with E-state index in [0.717, 1.165) is 27.6 Å². The lowest BCUT2D eigenvalue weighted by molar-refractivity contribution is -0.387. The summed E-state index contributed by atoms with van der Waals surface area (Å²) >= 11 is 0. The number of hydrogen-bond acceptors (Lipinski definition) is 5. The van der Waals surface area contributed by atoms with Gasteiger partial charge in [0, 0.05) is 18.8 Å². The van der Waals surface area contributed by atoms with Crippen LogP contribution in [0.4, 0.5) is 11.4 Å². The molecule has 0 saturated carbocycles. The second kappa shape index (κ2) is 7.63. The Bertz CT molecular complexity index is 957. The average molecular weight is 377 g/mol. The van der Waals surface area contributed by atoms with Crippen LogP contribution < -0.4 is 5.32 Å². The van der Waals surface area contributed by atoms with Crippen LogP contribution in [-0.2, 0) is 14.8 Å². The number of likely N-dealkylation sites (N-methyl/N-ethyl adjacent to an activating group) is 1. The van der Waals surface area contributed by atoms with Gasteiger partial charge in [-0.25, -0.2) is 8.42 Å². The summed E-state index contributed by atoms with van der Waals surface area (Å²) in [6.45, 7) is 3.27. The van der Waals surface area contributed by atoms with Gasteiger partial charge in [-0.2, -0.15) is 4.31 Å². The Hall–Kier alpha value is -2.78. The van der Waals surface area contributed by atoms with E-state index in [0.29, 0.717) is 5.69 Å². The number of benzene rings is 2. The summed E-state index contributed by atoms with van der Waals surface area (Å²) in [7, 11) is -2.99. The number of rotatable bonds is 6. The highest BCUT2D eigenvalue weighted by atomic mass is 32.2. The summed E-state index contributed by atoms with van der Waals surface area (Å²) in [4.78, 5) is 22.1. The van der Waals surface area contributed by atoms with Gasteiger partial charge in [-0.15, -0.1) is 0 Å². The standard InChI is InChI=1S/C17H19N3O5S/c1-12-7-6-8-14(13(12)2)18-17(21)11-19(3)26(24,25)16-10-5-4-9-15(16)20(22)23/h4-10H,11H2,1-3H3,(H,18,21). The Morgan fingerprint density at radius 2 is 1.81 bits per heavy atom. The lowest BCUT2D eigenvalue weighted by Gasteiger charge is -2.17. The number of nitrogens with one attached hydrogen (secondary N) is 1. The van der Waals surface area contributed by atoms with E-state index < -0.39 is 38.0 Å². The first-order chi connectivity index (χ1) is 12.1. The summed E-state index contributed by atoms with van der Waals surface area (Å²) < 4.78 is 26.0. The van der Waals surface area contributed by atoms with Gasteiger partial charge in [0.2, 0.25) is 15.9 Å². The van der Waals surface area contributed by atoms with Gasteiger partial charge >= 0.3 is 0 Å². The minimum absolute atomic E-state index is 0.452. The van der Waals surface area contributed by atoms with Gasteiger partial charge in [0.1, 0.15) is 0 Å². The number of aryl methyl sites for hydroxylation is 1. The molecule has 2 aromatic carbocycles. The lowest BCUT2D eigenvalue weighted by atomic mass is 10.1. The van der Waals surface area contributed by atoms with E-state index in [9.17, 15) is 23.3 Å². The quantitative estimate of drug-likeness (QED) is 0.614. The fourth-order valence-electron chi connectivity index (χ4n) is 2.36. The second-order valence-corrected chi connectivity index (χ2v) is 7.79. The van der Waals surface area contributed by atoms with Gasteiger partial charge in [0.05, 0.1) is 11.5 Å². The Morgan fingerprint density at radius 1 is 1.15 bits per heavy atom. The number of carbonyl (C=O) groups excluding carboxylic acids is 1. The fraction of sp³-hybridized carbons (Fsp3) is 0.235. The van der Waals surface area contributed by atoms with Crippen molar-refractivity contribution >= 4 is 27.3 Å². The molecule has 8 nitrogen and oxygen atoms in total. The van der Waals surface area contributed by atoms with Gasteiger partial charge in [-0.05, 0) is 37.1 Å². The van der Waals surface area contributed by atoms with Crippen LogP contribution in [0.15, 0.2) is 47.4 Å². The number of para-hydroxylation sites is 1. The summed E-state index contributed by atoms with van der Waals surface area (Å²) in [6, 6.07) is 10.4. The number of carbonyl (C=O) groups is 1. The first-order valence-electron chi connectivity index (χ1n) is 7.70. The number of nitro groups is 1. The van der Waals surface area contributed by atoms with Crippen molar-refractivity contribution in [2.24, 2.45) is 0 Å². The predicted molar refractivity (Wildman–Crippen MR) is 97.5 cm³/mol. The summed E-state index contributed by atoms with van der Waals surface area (Å²) in [6.07, 6.45) is 0. The molecule has 0 atom stereocenters. The molecule has 0 spiro atoms. The molecule has 2 rings (SSSR count). The zero-order valence-electron chi connectivity index (χ0n) is 14.6. The van der Waals surface area contributed by atoms with Gasteiger partial charge < -0.3 is 5.32 Å². The summed E-state index contributed by atoms with van der Waals surface area (Å²) in [5, 5.41) is 13.7. The van der Waals surface area contributed by atoms with Crippen molar-refractivity contribution in [1.82, 2.24) is 4.31 Å². The number of amides is 1. The highest BCUT2D eigenvalue weighted by Gasteiger charge is 2.30. The van der Waals surface area contributed by atoms with Crippen LogP contribution in [0.25, 0.3) is 0 Å². The van der Waals surface area contributed by atoms with E-state index in [4.69, 9.17) is 0 Å². The third kappa shape index (κ3) is 4.06. The second-order valence-electron chi connectivity index (χ2n) is 5.78. The van der Waals surface area contributed by atoms with E-state index in [1.807, 2.05) is 19.9 Å². The first-order valence-corrected chi connectivity index (χ1v) is 9.14. The van der Waals surface area contributed by atoms with Crippen molar-refractivity contribution in [3.05, 3.63) is 63.7 Å². The Labute approximate surface area is 151 Å². The Kier molecular flexibility index (Phi) is 5.73. The molecule has 138 valence electrons. The van der Waals surface area contributed by atoms with Gasteiger partial charge in [0.25, 0.3) is 5.69 Å². The smallest absolute Gasteiger partial charge is 0.289 e. The van der Waals surface area contributed by atoms with Crippen LogP contribution >= 0.6 is 0 Å². The molecule has 26 heavy (non-hydrogen) atoms. The molecule has 9 heteroatoms. The van der Waals surface area contributed by atoms with Gasteiger partial charge in [-0.3, -0.25) is 14.9 Å². The normalized spacial score (nSPS) is 11.4. The molecule has 0 aliphatic carbocycles. The van der Waals surface area contributed by atoms with Crippen LogP contribution in [0.5, 0.6) is 0 Å². The molecular weight excluding hydrogens is 358 g/mol. The fourth-order valence-corrected chi connectivity index (χ4v) is 3.64. The van der Waals surface area contributed by atoms with E-state index in [-0.39, 0.29) is 0 Å². The third-order valence-electron chi connectivity index (χ3n) is 4.00. The average Bonchev–Trinajstić information content (AvgIpc) is 2.58. The first kappa shape index (κ1) is 19.5. The molecule has 1 N–H and O–H groups in total. The van der Waals surface area contributed by atoms with Crippen molar-refractivity contribution in [3.8, 4) is 0 Å². The molecule has 0 heterocycles. The molecule has 0 bridgehead atoms. The predicted octanol–water partition coefficient (Wildman–Crippen LogP) is 2.47. The van der Waals surface area contributed by atoms with E-state index in [1.54, 1.807) is 12.1 Å². The van der Waals surface area contributed by atoms with Crippen molar-refractivity contribution in [2.75, 3.05) is 18.9 Å². The molecule has 0 aliphatic rings. The SMILES string of the molecule is Cc1cccc(NC(=O)CN(C)S(=O)(=O)c2ccccc2[N+](=O)[O-])c1C. The molecular formula is C17H19N3O5S. The van der Waals surface area contributed by atoms with Crippen LogP contribution in [0.3, 0.4) is 0 Å². The zero-order chi connectivity index (χ0) is 19.5. The van der Waals surface area contributed by atoms with Crippen LogP contribution in [0.2, 0.25) is 0 Å². The summed E-state index contributed by atoms with van der Waals surface area (Å²) in [5.74, 6) is -0.539. The van der Waals surface area contributed by atoms with E-state index >= 15 is 0 Å². The summed E-state index contributed by atoms with van der Waals surface area (Å²) in [5.41, 5.74) is 1.93. The third-order valence-corrected chi connectivity index (χ3v) is 5.85. The maximum Gasteiger partial charge on any atom is 0.289 e. The molecule has 0 aliphatic heterocycles. The largest absolute Gasteiger partial charge is 0.325 e. The minimum Gasteiger partial charge on any atom is -0.325 e. The molecule has 0 unspecified atom stereocenters. The molecule has 0 saturated heterocycles. The Morgan fingerprint density at radius 3 is 2.46 bits per heavy atom. The number of nitro benzene ring substituents is 1. The van der Waals surface area contributed by atoms with Crippen LogP contribution in [0, 0.1) is 24.0 Å². The van der Waals surface area contributed by atoms with Gasteiger partial charge in [0.15, 0.2) is 4.90 Å². The number of nitrogens with zero attached hydrogens (tertiary/aromatic N) is 2. The van der Waals surface area contributed by atoms with Crippen molar-refractivity contribution in [1.29, 1.82) is 0 Å². The molecule has 0 radical (unpaired) electrons. The molecule has 0 fully saturated rings.